The summed E-state index contributed by atoms with van der Waals surface area (Å²) in [6.45, 7) is 3.40. The number of rotatable bonds is 5. The van der Waals surface area contributed by atoms with Crippen molar-refractivity contribution in [2.45, 2.75) is 20.0 Å². The molecular weight excluding hydrogens is 358 g/mol. The zero-order valence-corrected chi connectivity index (χ0v) is 16.6. The molecule has 0 saturated carbocycles. The number of Topliss-reactive ketones (excluding diaryl/α,β-unsaturated/α-hetero) is 1. The summed E-state index contributed by atoms with van der Waals surface area (Å²) in [6, 6.07) is 11.1. The van der Waals surface area contributed by atoms with Gasteiger partial charge in [-0.1, -0.05) is 12.1 Å². The monoisotopic (exact) mass is 381 g/mol. The van der Waals surface area contributed by atoms with Crippen LogP contribution in [0.15, 0.2) is 42.2 Å². The van der Waals surface area contributed by atoms with Gasteiger partial charge < -0.3 is 19.1 Å². The van der Waals surface area contributed by atoms with E-state index in [1.54, 1.807) is 32.1 Å². The highest BCUT2D eigenvalue weighted by Gasteiger charge is 2.30. The largest absolute Gasteiger partial charge is 0.479 e. The second-order valence-electron chi connectivity index (χ2n) is 6.77. The highest BCUT2D eigenvalue weighted by molar-refractivity contribution is 6.15. The number of benzene rings is 2. The first-order valence-corrected chi connectivity index (χ1v) is 8.91. The maximum Gasteiger partial charge on any atom is 0.346 e. The van der Waals surface area contributed by atoms with E-state index in [2.05, 4.69) is 4.74 Å². The maximum absolute atomic E-state index is 12.7. The third-order valence-corrected chi connectivity index (χ3v) is 4.58. The van der Waals surface area contributed by atoms with Gasteiger partial charge in [0, 0.05) is 25.3 Å². The molecule has 0 spiro atoms. The third-order valence-electron chi connectivity index (χ3n) is 4.58. The molecule has 1 unspecified atom stereocenters. The Labute approximate surface area is 164 Å². The van der Waals surface area contributed by atoms with Gasteiger partial charge in [-0.05, 0) is 49.8 Å². The first kappa shape index (κ1) is 19.5. The van der Waals surface area contributed by atoms with Crippen molar-refractivity contribution in [1.29, 1.82) is 0 Å². The fourth-order valence-electron chi connectivity index (χ4n) is 2.92. The standard InChI is InChI=1S/C22H23NO5/c1-13-18(27-14(2)22(25)26-5)11-10-17-20(24)19(28-21(13)17)12-15-6-8-16(9-7-15)23(3)4/h6-12,14H,1-5H3/b19-12-. The van der Waals surface area contributed by atoms with Crippen LogP contribution < -0.4 is 14.4 Å². The molecule has 0 saturated heterocycles. The minimum atomic E-state index is -0.760. The van der Waals surface area contributed by atoms with Crippen molar-refractivity contribution in [3.05, 3.63) is 58.8 Å². The van der Waals surface area contributed by atoms with Gasteiger partial charge in [-0.2, -0.15) is 0 Å². The van der Waals surface area contributed by atoms with E-state index in [9.17, 15) is 9.59 Å². The van der Waals surface area contributed by atoms with E-state index in [1.807, 2.05) is 43.3 Å². The molecule has 0 N–H and O–H groups in total. The molecule has 6 nitrogen and oxygen atoms in total. The van der Waals surface area contributed by atoms with Crippen LogP contribution in [0.5, 0.6) is 11.5 Å². The Morgan fingerprint density at radius 1 is 1.14 bits per heavy atom. The van der Waals surface area contributed by atoms with Crippen LogP contribution in [0, 0.1) is 6.92 Å². The van der Waals surface area contributed by atoms with Crippen LogP contribution in [-0.4, -0.2) is 39.1 Å². The number of ether oxygens (including phenoxy) is 3. The Morgan fingerprint density at radius 2 is 1.82 bits per heavy atom. The van der Waals surface area contributed by atoms with Gasteiger partial charge in [0.05, 0.1) is 12.7 Å². The Balaban J connectivity index is 1.86. The van der Waals surface area contributed by atoms with Crippen LogP contribution in [0.25, 0.3) is 6.08 Å². The maximum atomic E-state index is 12.7. The summed E-state index contributed by atoms with van der Waals surface area (Å²) >= 11 is 0. The topological polar surface area (TPSA) is 65.1 Å². The van der Waals surface area contributed by atoms with Crippen LogP contribution in [-0.2, 0) is 9.53 Å². The molecule has 146 valence electrons. The fourth-order valence-corrected chi connectivity index (χ4v) is 2.92. The minimum absolute atomic E-state index is 0.178. The zero-order chi connectivity index (χ0) is 20.4. The molecule has 0 amide bonds. The molecule has 6 heteroatoms. The van der Waals surface area contributed by atoms with Crippen molar-refractivity contribution in [3.8, 4) is 11.5 Å². The average Bonchev–Trinajstić information content (AvgIpc) is 3.00. The van der Waals surface area contributed by atoms with E-state index >= 15 is 0 Å². The van der Waals surface area contributed by atoms with Gasteiger partial charge in [-0.15, -0.1) is 0 Å². The number of carbonyl (C=O) groups excluding carboxylic acids is 2. The Kier molecular flexibility index (Phi) is 5.40. The van der Waals surface area contributed by atoms with Crippen molar-refractivity contribution >= 4 is 23.5 Å². The molecule has 28 heavy (non-hydrogen) atoms. The van der Waals surface area contributed by atoms with Crippen LogP contribution >= 0.6 is 0 Å². The van der Waals surface area contributed by atoms with Crippen molar-refractivity contribution < 1.29 is 23.8 Å². The van der Waals surface area contributed by atoms with E-state index in [0.717, 1.165) is 11.3 Å². The summed E-state index contributed by atoms with van der Waals surface area (Å²) in [5.41, 5.74) is 3.08. The summed E-state index contributed by atoms with van der Waals surface area (Å²) in [5, 5.41) is 0. The number of hydrogen-bond acceptors (Lipinski definition) is 6. The number of nitrogens with zero attached hydrogens (tertiary/aromatic N) is 1. The number of esters is 1. The predicted octanol–water partition coefficient (Wildman–Crippen LogP) is 3.62. The van der Waals surface area contributed by atoms with Crippen LogP contribution in [0.3, 0.4) is 0 Å². The quantitative estimate of drug-likeness (QED) is 0.582. The van der Waals surface area contributed by atoms with Crippen molar-refractivity contribution in [1.82, 2.24) is 0 Å². The molecule has 0 fully saturated rings. The summed E-state index contributed by atoms with van der Waals surface area (Å²) < 4.78 is 16.2. The normalized spacial score (nSPS) is 15.0. The van der Waals surface area contributed by atoms with Crippen molar-refractivity contribution in [2.24, 2.45) is 0 Å². The van der Waals surface area contributed by atoms with Gasteiger partial charge in [0.15, 0.2) is 11.9 Å². The lowest BCUT2D eigenvalue weighted by molar-refractivity contribution is -0.147. The van der Waals surface area contributed by atoms with Gasteiger partial charge in [0.25, 0.3) is 0 Å². The molecule has 2 aromatic rings. The lowest BCUT2D eigenvalue weighted by Crippen LogP contribution is -2.25. The molecule has 1 aliphatic heterocycles. The van der Waals surface area contributed by atoms with Gasteiger partial charge in [0.1, 0.15) is 11.5 Å². The van der Waals surface area contributed by atoms with E-state index in [1.165, 1.54) is 7.11 Å². The minimum Gasteiger partial charge on any atom is -0.479 e. The van der Waals surface area contributed by atoms with Gasteiger partial charge in [0.2, 0.25) is 5.78 Å². The summed E-state index contributed by atoms with van der Waals surface area (Å²) in [7, 11) is 5.25. The average molecular weight is 381 g/mol. The van der Waals surface area contributed by atoms with Gasteiger partial charge >= 0.3 is 5.97 Å². The second kappa shape index (κ2) is 7.76. The number of hydrogen-bond donors (Lipinski definition) is 0. The number of fused-ring (bicyclic) bond motifs is 1. The molecule has 0 bridgehead atoms. The smallest absolute Gasteiger partial charge is 0.346 e. The number of ketones is 1. The SMILES string of the molecule is COC(=O)C(C)Oc1ccc2c(c1C)O/C(=C\c1ccc(N(C)C)cc1)C2=O. The van der Waals surface area contributed by atoms with Crippen LogP contribution in [0.4, 0.5) is 5.69 Å². The number of carbonyl (C=O) groups is 2. The number of allylic oxidation sites excluding steroid dienone is 1. The highest BCUT2D eigenvalue weighted by Crippen LogP contribution is 2.39. The van der Waals surface area contributed by atoms with Gasteiger partial charge in [-0.25, -0.2) is 4.79 Å². The lowest BCUT2D eigenvalue weighted by Gasteiger charge is -2.15. The third kappa shape index (κ3) is 3.71. The molecule has 1 atom stereocenters. The molecule has 1 heterocycles. The highest BCUT2D eigenvalue weighted by atomic mass is 16.6. The predicted molar refractivity (Wildman–Crippen MR) is 107 cm³/mol. The molecule has 2 aromatic carbocycles. The molecule has 0 aromatic heterocycles. The zero-order valence-electron chi connectivity index (χ0n) is 16.6. The van der Waals surface area contributed by atoms with E-state index in [-0.39, 0.29) is 11.5 Å². The Hall–Kier alpha value is -3.28. The number of methoxy groups -OCH3 is 1. The first-order valence-electron chi connectivity index (χ1n) is 8.91. The molecule has 3 rings (SSSR count). The molecule has 1 aliphatic rings. The first-order chi connectivity index (χ1) is 13.3. The number of anilines is 1. The van der Waals surface area contributed by atoms with Crippen LogP contribution in [0.1, 0.15) is 28.4 Å². The van der Waals surface area contributed by atoms with Crippen molar-refractivity contribution in [3.63, 3.8) is 0 Å². The van der Waals surface area contributed by atoms with Crippen LogP contribution in [0.2, 0.25) is 0 Å². The Bertz CT molecular complexity index is 944. The molecule has 0 radical (unpaired) electrons. The molecular formula is C22H23NO5. The van der Waals surface area contributed by atoms with E-state index in [0.29, 0.717) is 22.6 Å². The van der Waals surface area contributed by atoms with Gasteiger partial charge in [-0.3, -0.25) is 4.79 Å². The lowest BCUT2D eigenvalue weighted by atomic mass is 10.1. The summed E-state index contributed by atoms with van der Waals surface area (Å²) in [4.78, 5) is 26.3. The molecule has 0 aliphatic carbocycles. The van der Waals surface area contributed by atoms with E-state index < -0.39 is 12.1 Å². The Morgan fingerprint density at radius 3 is 2.43 bits per heavy atom. The summed E-state index contributed by atoms with van der Waals surface area (Å²) in [6.07, 6.45) is 0.961. The second-order valence-corrected chi connectivity index (χ2v) is 6.77. The van der Waals surface area contributed by atoms with Crippen molar-refractivity contribution in [2.75, 3.05) is 26.1 Å². The fraction of sp³-hybridized carbons (Fsp3) is 0.273. The van der Waals surface area contributed by atoms with E-state index in [4.69, 9.17) is 9.47 Å². The summed E-state index contributed by atoms with van der Waals surface area (Å²) in [5.74, 6) is 0.534.